The summed E-state index contributed by atoms with van der Waals surface area (Å²) < 4.78 is 0. The van der Waals surface area contributed by atoms with Gasteiger partial charge in [0.05, 0.1) is 17.4 Å². The lowest BCUT2D eigenvalue weighted by atomic mass is 9.98. The number of hydrogen-bond acceptors (Lipinski definition) is 3. The van der Waals surface area contributed by atoms with Crippen LogP contribution in [-0.4, -0.2) is 16.5 Å². The average molecular weight is 294 g/mol. The van der Waals surface area contributed by atoms with Gasteiger partial charge in [0.15, 0.2) is 0 Å². The van der Waals surface area contributed by atoms with Crippen molar-refractivity contribution in [1.82, 2.24) is 15.3 Å². The van der Waals surface area contributed by atoms with E-state index in [-0.39, 0.29) is 5.56 Å². The quantitative estimate of drug-likeness (QED) is 0.891. The number of aromatic amines is 1. The second kappa shape index (κ2) is 6.37. The van der Waals surface area contributed by atoms with Crippen LogP contribution in [0.5, 0.6) is 0 Å². The molecule has 2 rings (SSSR count). The van der Waals surface area contributed by atoms with Gasteiger partial charge in [-0.2, -0.15) is 0 Å². The first-order valence-corrected chi connectivity index (χ1v) is 7.24. The molecular formula is C15H20ClN3O. The van der Waals surface area contributed by atoms with Crippen LogP contribution in [0, 0.1) is 11.8 Å². The molecule has 20 heavy (non-hydrogen) atoms. The molecule has 1 atom stereocenters. The van der Waals surface area contributed by atoms with Crippen LogP contribution in [0.25, 0.3) is 10.9 Å². The van der Waals surface area contributed by atoms with Gasteiger partial charge in [0.25, 0.3) is 5.56 Å². The maximum Gasteiger partial charge on any atom is 0.258 e. The molecule has 1 aromatic carbocycles. The number of rotatable bonds is 5. The summed E-state index contributed by atoms with van der Waals surface area (Å²) in [6.45, 7) is 8.05. The SMILES string of the molecule is CC(C)C(C)CNCc1nc2cc(Cl)ccc2c(=O)[nH]1. The number of nitrogens with zero attached hydrogens (tertiary/aromatic N) is 1. The topological polar surface area (TPSA) is 57.8 Å². The summed E-state index contributed by atoms with van der Waals surface area (Å²) in [6, 6.07) is 5.11. The maximum atomic E-state index is 11.9. The summed E-state index contributed by atoms with van der Waals surface area (Å²) in [4.78, 5) is 19.2. The summed E-state index contributed by atoms with van der Waals surface area (Å²) in [5.74, 6) is 1.85. The molecule has 0 spiro atoms. The van der Waals surface area contributed by atoms with Crippen molar-refractivity contribution in [3.63, 3.8) is 0 Å². The van der Waals surface area contributed by atoms with E-state index in [2.05, 4.69) is 36.1 Å². The molecule has 2 N–H and O–H groups in total. The van der Waals surface area contributed by atoms with Crippen LogP contribution in [0.4, 0.5) is 0 Å². The van der Waals surface area contributed by atoms with Crippen LogP contribution in [0.3, 0.4) is 0 Å². The third-order valence-electron chi connectivity index (χ3n) is 3.61. The summed E-state index contributed by atoms with van der Waals surface area (Å²) in [7, 11) is 0. The minimum Gasteiger partial charge on any atom is -0.310 e. The van der Waals surface area contributed by atoms with Gasteiger partial charge in [-0.15, -0.1) is 0 Å². The van der Waals surface area contributed by atoms with Gasteiger partial charge in [0.2, 0.25) is 0 Å². The highest BCUT2D eigenvalue weighted by Gasteiger charge is 2.08. The summed E-state index contributed by atoms with van der Waals surface area (Å²) in [5.41, 5.74) is 0.510. The van der Waals surface area contributed by atoms with E-state index in [1.807, 2.05) is 0 Å². The molecule has 108 valence electrons. The molecule has 1 aromatic heterocycles. The van der Waals surface area contributed by atoms with Gasteiger partial charge in [0.1, 0.15) is 5.82 Å². The number of halogens is 1. The Hall–Kier alpha value is -1.39. The van der Waals surface area contributed by atoms with E-state index in [0.717, 1.165) is 6.54 Å². The molecule has 0 amide bonds. The van der Waals surface area contributed by atoms with Crippen molar-refractivity contribution in [3.05, 3.63) is 39.4 Å². The first-order valence-electron chi connectivity index (χ1n) is 6.86. The zero-order valence-electron chi connectivity index (χ0n) is 12.0. The van der Waals surface area contributed by atoms with Crippen LogP contribution in [-0.2, 0) is 6.54 Å². The molecule has 0 radical (unpaired) electrons. The second-order valence-corrected chi connectivity index (χ2v) is 5.96. The van der Waals surface area contributed by atoms with E-state index in [1.165, 1.54) is 0 Å². The van der Waals surface area contributed by atoms with E-state index < -0.39 is 0 Å². The average Bonchev–Trinajstić information content (AvgIpc) is 2.37. The monoisotopic (exact) mass is 293 g/mol. The van der Waals surface area contributed by atoms with Crippen molar-refractivity contribution in [1.29, 1.82) is 0 Å². The fourth-order valence-electron chi connectivity index (χ4n) is 1.90. The maximum absolute atomic E-state index is 11.9. The molecule has 2 aromatic rings. The number of H-pyrrole nitrogens is 1. The standard InChI is InChI=1S/C15H20ClN3O/c1-9(2)10(3)7-17-8-14-18-13-6-11(16)4-5-12(13)15(20)19-14/h4-6,9-10,17H,7-8H2,1-3H3,(H,18,19,20). The molecule has 0 saturated carbocycles. The Kier molecular flexibility index (Phi) is 4.78. The first kappa shape index (κ1) is 15.0. The summed E-state index contributed by atoms with van der Waals surface area (Å²) in [6.07, 6.45) is 0. The van der Waals surface area contributed by atoms with Crippen molar-refractivity contribution in [2.75, 3.05) is 6.54 Å². The molecule has 0 aliphatic heterocycles. The van der Waals surface area contributed by atoms with Crippen molar-refractivity contribution in [2.24, 2.45) is 11.8 Å². The Labute approximate surface area is 123 Å². The van der Waals surface area contributed by atoms with Crippen LogP contribution < -0.4 is 10.9 Å². The lowest BCUT2D eigenvalue weighted by molar-refractivity contribution is 0.390. The fourth-order valence-corrected chi connectivity index (χ4v) is 2.07. The molecule has 0 aliphatic rings. The number of fused-ring (bicyclic) bond motifs is 1. The van der Waals surface area contributed by atoms with Gasteiger partial charge in [0, 0.05) is 5.02 Å². The van der Waals surface area contributed by atoms with Gasteiger partial charge in [-0.05, 0) is 36.6 Å². The summed E-state index contributed by atoms with van der Waals surface area (Å²) in [5, 5.41) is 4.47. The van der Waals surface area contributed by atoms with Crippen LogP contribution >= 0.6 is 11.6 Å². The van der Waals surface area contributed by atoms with Crippen molar-refractivity contribution in [3.8, 4) is 0 Å². The van der Waals surface area contributed by atoms with Crippen molar-refractivity contribution < 1.29 is 0 Å². The Morgan fingerprint density at radius 2 is 2.10 bits per heavy atom. The van der Waals surface area contributed by atoms with E-state index in [4.69, 9.17) is 11.6 Å². The fraction of sp³-hybridized carbons (Fsp3) is 0.467. The zero-order chi connectivity index (χ0) is 14.7. The predicted octanol–water partition coefficient (Wildman–Crippen LogP) is 2.96. The Morgan fingerprint density at radius 3 is 2.80 bits per heavy atom. The zero-order valence-corrected chi connectivity index (χ0v) is 12.8. The molecule has 5 heteroatoms. The molecule has 1 unspecified atom stereocenters. The van der Waals surface area contributed by atoms with Gasteiger partial charge in [-0.1, -0.05) is 32.4 Å². The third-order valence-corrected chi connectivity index (χ3v) is 3.85. The first-order chi connectivity index (χ1) is 9.47. The molecular weight excluding hydrogens is 274 g/mol. The number of hydrogen-bond donors (Lipinski definition) is 2. The highest BCUT2D eigenvalue weighted by molar-refractivity contribution is 6.31. The summed E-state index contributed by atoms with van der Waals surface area (Å²) >= 11 is 5.94. The van der Waals surface area contributed by atoms with Crippen molar-refractivity contribution >= 4 is 22.5 Å². The van der Waals surface area contributed by atoms with Gasteiger partial charge in [-0.3, -0.25) is 4.79 Å². The third kappa shape index (κ3) is 3.58. The highest BCUT2D eigenvalue weighted by Crippen LogP contribution is 2.14. The molecule has 4 nitrogen and oxygen atoms in total. The molecule has 0 bridgehead atoms. The highest BCUT2D eigenvalue weighted by atomic mass is 35.5. The van der Waals surface area contributed by atoms with Crippen LogP contribution in [0.1, 0.15) is 26.6 Å². The smallest absolute Gasteiger partial charge is 0.258 e. The predicted molar refractivity (Wildman–Crippen MR) is 83.1 cm³/mol. The molecule has 0 saturated heterocycles. The molecule has 1 heterocycles. The second-order valence-electron chi connectivity index (χ2n) is 5.53. The largest absolute Gasteiger partial charge is 0.310 e. The lowest BCUT2D eigenvalue weighted by Gasteiger charge is -2.15. The Morgan fingerprint density at radius 1 is 1.35 bits per heavy atom. The van der Waals surface area contributed by atoms with Gasteiger partial charge in [-0.25, -0.2) is 4.98 Å². The van der Waals surface area contributed by atoms with E-state index >= 15 is 0 Å². The van der Waals surface area contributed by atoms with E-state index in [1.54, 1.807) is 18.2 Å². The van der Waals surface area contributed by atoms with Crippen molar-refractivity contribution in [2.45, 2.75) is 27.3 Å². The molecule has 0 aliphatic carbocycles. The number of aromatic nitrogens is 2. The van der Waals surface area contributed by atoms with Crippen LogP contribution in [0.2, 0.25) is 5.02 Å². The molecule has 0 fully saturated rings. The van der Waals surface area contributed by atoms with Gasteiger partial charge < -0.3 is 10.3 Å². The van der Waals surface area contributed by atoms with E-state index in [9.17, 15) is 4.79 Å². The number of benzene rings is 1. The van der Waals surface area contributed by atoms with Gasteiger partial charge >= 0.3 is 0 Å². The minimum atomic E-state index is -0.125. The van der Waals surface area contributed by atoms with E-state index in [0.29, 0.717) is 40.1 Å². The lowest BCUT2D eigenvalue weighted by Crippen LogP contribution is -2.26. The normalized spacial score (nSPS) is 13.1. The Balaban J connectivity index is 2.13. The Bertz CT molecular complexity index is 651. The van der Waals surface area contributed by atoms with Crippen LogP contribution in [0.15, 0.2) is 23.0 Å². The number of nitrogens with one attached hydrogen (secondary N) is 2. The minimum absolute atomic E-state index is 0.125.